The number of aliphatic carboxylic acids is 1. The molecule has 0 saturated carbocycles. The molecular formula is C14H14FNO4S. The molecule has 0 saturated heterocycles. The minimum Gasteiger partial charge on any atom is -0.480 e. The van der Waals surface area contributed by atoms with Crippen LogP contribution in [0.5, 0.6) is 0 Å². The SMILES string of the molecule is Cc1c(C(=O)N[C@H](C(=O)O)[C@@H](C)O)sc2cccc(F)c12. The van der Waals surface area contributed by atoms with Gasteiger partial charge in [0.2, 0.25) is 0 Å². The van der Waals surface area contributed by atoms with Gasteiger partial charge in [-0.2, -0.15) is 0 Å². The van der Waals surface area contributed by atoms with Crippen molar-refractivity contribution in [3.05, 3.63) is 34.5 Å². The van der Waals surface area contributed by atoms with Gasteiger partial charge in [0, 0.05) is 10.1 Å². The molecule has 1 aromatic heterocycles. The predicted molar refractivity (Wildman–Crippen MR) is 77.1 cm³/mol. The summed E-state index contributed by atoms with van der Waals surface area (Å²) in [6.07, 6.45) is -1.24. The number of carboxylic acid groups (broad SMARTS) is 1. The van der Waals surface area contributed by atoms with Crippen molar-refractivity contribution in [2.75, 3.05) is 0 Å². The Bertz CT molecular complexity index is 710. The number of benzene rings is 1. The molecule has 1 aromatic carbocycles. The number of rotatable bonds is 4. The Kier molecular flexibility index (Phi) is 4.24. The smallest absolute Gasteiger partial charge is 0.328 e. The van der Waals surface area contributed by atoms with E-state index in [1.165, 1.54) is 13.0 Å². The van der Waals surface area contributed by atoms with Crippen LogP contribution in [-0.2, 0) is 4.79 Å². The highest BCUT2D eigenvalue weighted by Crippen LogP contribution is 2.32. The van der Waals surface area contributed by atoms with E-state index < -0.39 is 29.8 Å². The second-order valence-electron chi connectivity index (χ2n) is 4.70. The van der Waals surface area contributed by atoms with Gasteiger partial charge < -0.3 is 15.5 Å². The Morgan fingerprint density at radius 3 is 2.57 bits per heavy atom. The molecule has 112 valence electrons. The predicted octanol–water partition coefficient (Wildman–Crippen LogP) is 1.91. The molecule has 3 N–H and O–H groups in total. The molecule has 0 bridgehead atoms. The van der Waals surface area contributed by atoms with Crippen molar-refractivity contribution in [2.45, 2.75) is 26.0 Å². The van der Waals surface area contributed by atoms with E-state index in [2.05, 4.69) is 5.32 Å². The first-order valence-electron chi connectivity index (χ1n) is 6.22. The van der Waals surface area contributed by atoms with Crippen molar-refractivity contribution in [3.63, 3.8) is 0 Å². The van der Waals surface area contributed by atoms with E-state index in [9.17, 15) is 19.1 Å². The van der Waals surface area contributed by atoms with E-state index in [0.29, 0.717) is 15.6 Å². The maximum atomic E-state index is 13.8. The summed E-state index contributed by atoms with van der Waals surface area (Å²) in [5, 5.41) is 21.0. The van der Waals surface area contributed by atoms with Crippen LogP contribution in [0.3, 0.4) is 0 Å². The highest BCUT2D eigenvalue weighted by molar-refractivity contribution is 7.21. The van der Waals surface area contributed by atoms with Crippen LogP contribution < -0.4 is 5.32 Å². The highest BCUT2D eigenvalue weighted by Gasteiger charge is 2.27. The number of carbonyl (C=O) groups excluding carboxylic acids is 1. The Labute approximate surface area is 124 Å². The molecule has 7 heteroatoms. The van der Waals surface area contributed by atoms with Crippen molar-refractivity contribution >= 4 is 33.3 Å². The molecule has 0 unspecified atom stereocenters. The summed E-state index contributed by atoms with van der Waals surface area (Å²) in [5.74, 6) is -2.39. The molecule has 0 radical (unpaired) electrons. The van der Waals surface area contributed by atoms with E-state index in [1.807, 2.05) is 0 Å². The molecule has 1 heterocycles. The van der Waals surface area contributed by atoms with Crippen LogP contribution in [0, 0.1) is 12.7 Å². The average Bonchev–Trinajstić information content (AvgIpc) is 2.73. The third-order valence-electron chi connectivity index (χ3n) is 3.14. The standard InChI is InChI=1S/C14H14FNO4S/c1-6-10-8(15)4-3-5-9(10)21-12(6)13(18)16-11(7(2)17)14(19)20/h3-5,7,11,17H,1-2H3,(H,16,18)(H,19,20)/t7-,11+/m1/s1. The topological polar surface area (TPSA) is 86.6 Å². The van der Waals surface area contributed by atoms with Gasteiger partial charge in [0.15, 0.2) is 6.04 Å². The molecule has 1 amide bonds. The largest absolute Gasteiger partial charge is 0.480 e. The number of carbonyl (C=O) groups is 2. The van der Waals surface area contributed by atoms with Crippen LogP contribution in [-0.4, -0.2) is 34.2 Å². The number of hydrogen-bond acceptors (Lipinski definition) is 4. The van der Waals surface area contributed by atoms with Gasteiger partial charge in [-0.25, -0.2) is 9.18 Å². The third kappa shape index (κ3) is 2.88. The zero-order valence-electron chi connectivity index (χ0n) is 11.4. The molecule has 2 atom stereocenters. The number of hydrogen-bond donors (Lipinski definition) is 3. The van der Waals surface area contributed by atoms with Gasteiger partial charge in [0.25, 0.3) is 5.91 Å². The monoisotopic (exact) mass is 311 g/mol. The molecule has 0 aliphatic heterocycles. The van der Waals surface area contributed by atoms with Gasteiger partial charge >= 0.3 is 5.97 Å². The molecule has 0 aliphatic carbocycles. The first-order chi connectivity index (χ1) is 9.82. The van der Waals surface area contributed by atoms with Crippen molar-refractivity contribution in [3.8, 4) is 0 Å². The van der Waals surface area contributed by atoms with Gasteiger partial charge in [0.1, 0.15) is 5.82 Å². The van der Waals surface area contributed by atoms with Crippen LogP contribution in [0.15, 0.2) is 18.2 Å². The lowest BCUT2D eigenvalue weighted by Gasteiger charge is -2.16. The Morgan fingerprint density at radius 2 is 2.05 bits per heavy atom. The number of carboxylic acids is 1. The first-order valence-corrected chi connectivity index (χ1v) is 7.04. The summed E-state index contributed by atoms with van der Waals surface area (Å²) in [6, 6.07) is 3.13. The molecular weight excluding hydrogens is 297 g/mol. The van der Waals surface area contributed by atoms with Gasteiger partial charge in [-0.05, 0) is 31.5 Å². The minimum atomic E-state index is -1.41. The van der Waals surface area contributed by atoms with Crippen molar-refractivity contribution in [1.29, 1.82) is 0 Å². The number of aliphatic hydroxyl groups excluding tert-OH is 1. The fraction of sp³-hybridized carbons (Fsp3) is 0.286. The highest BCUT2D eigenvalue weighted by atomic mass is 32.1. The lowest BCUT2D eigenvalue weighted by atomic mass is 10.1. The second-order valence-corrected chi connectivity index (χ2v) is 5.75. The molecule has 5 nitrogen and oxygen atoms in total. The lowest BCUT2D eigenvalue weighted by molar-refractivity contribution is -0.141. The van der Waals surface area contributed by atoms with E-state index in [-0.39, 0.29) is 4.88 Å². The number of halogens is 1. The van der Waals surface area contributed by atoms with Crippen LogP contribution >= 0.6 is 11.3 Å². The molecule has 0 aliphatic rings. The van der Waals surface area contributed by atoms with Gasteiger partial charge in [-0.3, -0.25) is 4.79 Å². The molecule has 2 rings (SSSR count). The van der Waals surface area contributed by atoms with Crippen LogP contribution in [0.4, 0.5) is 4.39 Å². The number of aryl methyl sites for hydroxylation is 1. The molecule has 0 spiro atoms. The minimum absolute atomic E-state index is 0.238. The van der Waals surface area contributed by atoms with Crippen LogP contribution in [0.25, 0.3) is 10.1 Å². The number of aliphatic hydroxyl groups is 1. The summed E-state index contributed by atoms with van der Waals surface area (Å²) in [4.78, 5) is 23.4. The Balaban J connectivity index is 2.38. The number of fused-ring (bicyclic) bond motifs is 1. The first kappa shape index (κ1) is 15.4. The fourth-order valence-electron chi connectivity index (χ4n) is 2.07. The van der Waals surface area contributed by atoms with Crippen LogP contribution in [0.1, 0.15) is 22.2 Å². The number of amides is 1. The van der Waals surface area contributed by atoms with E-state index >= 15 is 0 Å². The average molecular weight is 311 g/mol. The summed E-state index contributed by atoms with van der Waals surface area (Å²) in [6.45, 7) is 2.88. The third-order valence-corrected chi connectivity index (χ3v) is 4.40. The van der Waals surface area contributed by atoms with E-state index in [0.717, 1.165) is 11.3 Å². The zero-order valence-corrected chi connectivity index (χ0v) is 12.2. The quantitative estimate of drug-likeness (QED) is 0.805. The van der Waals surface area contributed by atoms with Crippen LogP contribution in [0.2, 0.25) is 0 Å². The number of nitrogens with one attached hydrogen (secondary N) is 1. The van der Waals surface area contributed by atoms with Gasteiger partial charge in [-0.1, -0.05) is 6.07 Å². The number of thiophene rings is 1. The summed E-state index contributed by atoms with van der Waals surface area (Å²) < 4.78 is 14.4. The van der Waals surface area contributed by atoms with E-state index in [4.69, 9.17) is 5.11 Å². The van der Waals surface area contributed by atoms with E-state index in [1.54, 1.807) is 19.1 Å². The lowest BCUT2D eigenvalue weighted by Crippen LogP contribution is -2.47. The fourth-order valence-corrected chi connectivity index (χ4v) is 3.19. The van der Waals surface area contributed by atoms with Crippen molar-refractivity contribution < 1.29 is 24.2 Å². The van der Waals surface area contributed by atoms with Crippen molar-refractivity contribution in [2.24, 2.45) is 0 Å². The Hall–Kier alpha value is -1.99. The normalized spacial score (nSPS) is 13.9. The second kappa shape index (κ2) is 5.79. The maximum Gasteiger partial charge on any atom is 0.328 e. The maximum absolute atomic E-state index is 13.8. The van der Waals surface area contributed by atoms with Crippen molar-refractivity contribution in [1.82, 2.24) is 5.32 Å². The Morgan fingerprint density at radius 1 is 1.38 bits per heavy atom. The molecule has 2 aromatic rings. The molecule has 0 fully saturated rings. The summed E-state index contributed by atoms with van der Waals surface area (Å²) in [7, 11) is 0. The summed E-state index contributed by atoms with van der Waals surface area (Å²) in [5.41, 5.74) is 0.459. The summed E-state index contributed by atoms with van der Waals surface area (Å²) >= 11 is 1.08. The van der Waals surface area contributed by atoms with Gasteiger partial charge in [-0.15, -0.1) is 11.3 Å². The zero-order chi connectivity index (χ0) is 15.7. The van der Waals surface area contributed by atoms with Gasteiger partial charge in [0.05, 0.1) is 11.0 Å². The molecule has 21 heavy (non-hydrogen) atoms.